The molecule has 0 aliphatic carbocycles. The first kappa shape index (κ1) is 18.1. The molecule has 0 amide bonds. The number of fused-ring (bicyclic) bond motifs is 1. The number of rotatable bonds is 2. The number of halogens is 5. The Morgan fingerprint density at radius 3 is 2.44 bits per heavy atom. The van der Waals surface area contributed by atoms with Crippen LogP contribution in [0.1, 0.15) is 11.1 Å². The number of nitrogens with zero attached hydrogens (tertiary/aromatic N) is 1. The van der Waals surface area contributed by atoms with E-state index in [2.05, 4.69) is 10.5 Å². The summed E-state index contributed by atoms with van der Waals surface area (Å²) in [7, 11) is 0. The van der Waals surface area contributed by atoms with Crippen LogP contribution in [0.25, 0.3) is 16.6 Å². The summed E-state index contributed by atoms with van der Waals surface area (Å²) in [5.41, 5.74) is 0.955. The Balaban J connectivity index is 1.85. The Morgan fingerprint density at radius 1 is 1.00 bits per heavy atom. The first-order valence-electron chi connectivity index (χ1n) is 7.84. The molecule has 0 radical (unpaired) electrons. The zero-order chi connectivity index (χ0) is 19.2. The molecule has 1 N–H and O–H groups in total. The van der Waals surface area contributed by atoms with Crippen LogP contribution in [0.2, 0.25) is 10.0 Å². The van der Waals surface area contributed by atoms with Gasteiger partial charge in [0.2, 0.25) is 5.60 Å². The molecule has 2 heterocycles. The van der Waals surface area contributed by atoms with E-state index in [1.54, 1.807) is 30.5 Å². The van der Waals surface area contributed by atoms with Gasteiger partial charge >= 0.3 is 6.18 Å². The largest absolute Gasteiger partial charge is 0.428 e. The fraction of sp³-hybridized carbons (Fsp3) is 0.105. The van der Waals surface area contributed by atoms with Gasteiger partial charge in [0.15, 0.2) is 0 Å². The summed E-state index contributed by atoms with van der Waals surface area (Å²) in [5.74, 6) is 0. The van der Waals surface area contributed by atoms with E-state index in [1.807, 2.05) is 6.07 Å². The van der Waals surface area contributed by atoms with Crippen LogP contribution >= 0.6 is 23.2 Å². The van der Waals surface area contributed by atoms with Crippen LogP contribution in [0.3, 0.4) is 0 Å². The number of hydrogen-bond donors (Lipinski definition) is 1. The molecule has 1 aliphatic heterocycles. The maximum Gasteiger partial charge on any atom is 0.428 e. The van der Waals surface area contributed by atoms with Crippen molar-refractivity contribution in [1.82, 2.24) is 10.5 Å². The molecule has 0 saturated heterocycles. The third-order valence-corrected chi connectivity index (χ3v) is 4.73. The quantitative estimate of drug-likeness (QED) is 0.573. The summed E-state index contributed by atoms with van der Waals surface area (Å²) < 4.78 is 42.0. The molecule has 3 aromatic rings. The average molecular weight is 411 g/mol. The number of pyridine rings is 1. The molecule has 2 aromatic carbocycles. The zero-order valence-corrected chi connectivity index (χ0v) is 15.0. The van der Waals surface area contributed by atoms with Crippen molar-refractivity contribution in [2.24, 2.45) is 0 Å². The van der Waals surface area contributed by atoms with Crippen molar-refractivity contribution in [3.63, 3.8) is 0 Å². The Hall–Kier alpha value is -2.28. The van der Waals surface area contributed by atoms with Crippen molar-refractivity contribution in [3.05, 3.63) is 82.0 Å². The second-order valence-electron chi connectivity index (χ2n) is 6.06. The molecule has 0 saturated carbocycles. The Labute approximate surface area is 162 Å². The molecule has 138 valence electrons. The average Bonchev–Trinajstić information content (AvgIpc) is 3.07. The van der Waals surface area contributed by atoms with Gasteiger partial charge in [-0.1, -0.05) is 35.3 Å². The maximum atomic E-state index is 14.0. The van der Waals surface area contributed by atoms with Gasteiger partial charge in [-0.15, -0.1) is 0 Å². The Morgan fingerprint density at radius 2 is 1.74 bits per heavy atom. The second-order valence-corrected chi connectivity index (χ2v) is 6.94. The van der Waals surface area contributed by atoms with Gasteiger partial charge in [0.25, 0.3) is 0 Å². The van der Waals surface area contributed by atoms with Crippen LogP contribution in [-0.2, 0) is 10.4 Å². The van der Waals surface area contributed by atoms with Gasteiger partial charge in [-0.25, -0.2) is 0 Å². The van der Waals surface area contributed by atoms with E-state index in [-0.39, 0.29) is 21.3 Å². The summed E-state index contributed by atoms with van der Waals surface area (Å²) in [6.45, 7) is 0. The van der Waals surface area contributed by atoms with Gasteiger partial charge in [0.05, 0.1) is 11.2 Å². The normalized spacial score (nSPS) is 19.8. The molecule has 0 spiro atoms. The minimum Gasteiger partial charge on any atom is -0.265 e. The summed E-state index contributed by atoms with van der Waals surface area (Å²) >= 11 is 11.8. The van der Waals surface area contributed by atoms with Crippen LogP contribution in [0.4, 0.5) is 13.2 Å². The lowest BCUT2D eigenvalue weighted by Crippen LogP contribution is -2.42. The van der Waals surface area contributed by atoms with Crippen LogP contribution < -0.4 is 5.48 Å². The van der Waals surface area contributed by atoms with E-state index >= 15 is 0 Å². The van der Waals surface area contributed by atoms with E-state index in [0.29, 0.717) is 5.56 Å². The highest BCUT2D eigenvalue weighted by atomic mass is 35.5. The predicted octanol–water partition coefficient (Wildman–Crippen LogP) is 5.88. The van der Waals surface area contributed by atoms with Crippen molar-refractivity contribution < 1.29 is 18.0 Å². The van der Waals surface area contributed by atoms with Gasteiger partial charge < -0.3 is 0 Å². The summed E-state index contributed by atoms with van der Waals surface area (Å²) in [6.07, 6.45) is -2.10. The third-order valence-electron chi connectivity index (χ3n) is 4.30. The Kier molecular flexibility index (Phi) is 4.29. The molecule has 27 heavy (non-hydrogen) atoms. The Bertz CT molecular complexity index is 1050. The summed E-state index contributed by atoms with van der Waals surface area (Å²) in [5, 5.41) is 0.972. The molecular formula is C19H11Cl2F3N2O. The predicted molar refractivity (Wildman–Crippen MR) is 98.1 cm³/mol. The molecule has 3 nitrogen and oxygen atoms in total. The van der Waals surface area contributed by atoms with Crippen molar-refractivity contribution in [2.75, 3.05) is 0 Å². The maximum absolute atomic E-state index is 14.0. The van der Waals surface area contributed by atoms with Crippen molar-refractivity contribution >= 4 is 39.8 Å². The first-order chi connectivity index (χ1) is 12.8. The fourth-order valence-corrected chi connectivity index (χ4v) is 3.52. The van der Waals surface area contributed by atoms with E-state index in [1.165, 1.54) is 18.2 Å². The summed E-state index contributed by atoms with van der Waals surface area (Å²) in [4.78, 5) is 9.28. The lowest BCUT2D eigenvalue weighted by atomic mass is 9.91. The standard InChI is InChI=1S/C19H11Cl2F3N2O/c20-14-7-13(8-15(21)9-14)18(19(22,23)24)10-17(26-27-18)12-3-4-16-11(6-12)2-1-5-25-16/h1-10,26H. The van der Waals surface area contributed by atoms with Gasteiger partial charge in [-0.2, -0.15) is 13.2 Å². The highest BCUT2D eigenvalue weighted by Crippen LogP contribution is 2.48. The number of benzene rings is 2. The molecule has 1 unspecified atom stereocenters. The second kappa shape index (κ2) is 6.41. The van der Waals surface area contributed by atoms with Crippen molar-refractivity contribution in [3.8, 4) is 0 Å². The van der Waals surface area contributed by atoms with Crippen LogP contribution in [0.15, 0.2) is 60.8 Å². The monoisotopic (exact) mass is 410 g/mol. The number of alkyl halides is 3. The highest BCUT2D eigenvalue weighted by molar-refractivity contribution is 6.34. The van der Waals surface area contributed by atoms with E-state index in [0.717, 1.165) is 17.0 Å². The molecule has 4 rings (SSSR count). The van der Waals surface area contributed by atoms with Crippen LogP contribution in [0, 0.1) is 0 Å². The molecule has 0 bridgehead atoms. The first-order valence-corrected chi connectivity index (χ1v) is 8.59. The molecular weight excluding hydrogens is 400 g/mol. The number of hydroxylamine groups is 1. The van der Waals surface area contributed by atoms with Gasteiger partial charge in [-0.3, -0.25) is 15.3 Å². The van der Waals surface area contributed by atoms with Crippen molar-refractivity contribution in [1.29, 1.82) is 0 Å². The number of aromatic nitrogens is 1. The van der Waals surface area contributed by atoms with Crippen LogP contribution in [-0.4, -0.2) is 11.2 Å². The minimum absolute atomic E-state index is 0.0864. The van der Waals surface area contributed by atoms with E-state index in [4.69, 9.17) is 28.0 Å². The fourth-order valence-electron chi connectivity index (χ4n) is 3.00. The van der Waals surface area contributed by atoms with E-state index in [9.17, 15) is 13.2 Å². The van der Waals surface area contributed by atoms with Crippen molar-refractivity contribution in [2.45, 2.75) is 11.8 Å². The smallest absolute Gasteiger partial charge is 0.265 e. The minimum atomic E-state index is -4.74. The van der Waals surface area contributed by atoms with Gasteiger partial charge in [-0.05, 0) is 42.5 Å². The molecule has 1 aliphatic rings. The molecule has 8 heteroatoms. The number of nitrogens with one attached hydrogen (secondary N) is 1. The summed E-state index contributed by atoms with van der Waals surface area (Å²) in [6, 6.07) is 12.5. The number of hydrogen-bond acceptors (Lipinski definition) is 3. The van der Waals surface area contributed by atoms with E-state index < -0.39 is 11.8 Å². The topological polar surface area (TPSA) is 34.2 Å². The van der Waals surface area contributed by atoms with Crippen LogP contribution in [0.5, 0.6) is 0 Å². The van der Waals surface area contributed by atoms with Gasteiger partial charge in [0.1, 0.15) is 0 Å². The van der Waals surface area contributed by atoms with Gasteiger partial charge in [0, 0.05) is 32.8 Å². The third kappa shape index (κ3) is 3.14. The molecule has 0 fully saturated rings. The lowest BCUT2D eigenvalue weighted by molar-refractivity contribution is -0.269. The molecule has 1 atom stereocenters. The zero-order valence-electron chi connectivity index (χ0n) is 13.5. The lowest BCUT2D eigenvalue weighted by Gasteiger charge is -2.28. The molecule has 1 aromatic heterocycles. The SMILES string of the molecule is FC(F)(F)C1(c2cc(Cl)cc(Cl)c2)C=C(c2ccc3ncccc3c2)NO1. The highest BCUT2D eigenvalue weighted by Gasteiger charge is 2.59.